The summed E-state index contributed by atoms with van der Waals surface area (Å²) in [5.41, 5.74) is -1.38. The van der Waals surface area contributed by atoms with Crippen LogP contribution in [0.25, 0.3) is 0 Å². The summed E-state index contributed by atoms with van der Waals surface area (Å²) >= 11 is 0. The zero-order valence-electron chi connectivity index (χ0n) is 16.0. The molecule has 0 radical (unpaired) electrons. The Morgan fingerprint density at radius 2 is 1.72 bits per heavy atom. The largest absolute Gasteiger partial charge is 0.393 e. The highest BCUT2D eigenvalue weighted by Gasteiger charge is 2.67. The van der Waals surface area contributed by atoms with E-state index in [1.54, 1.807) is 6.92 Å². The normalized spacial score (nSPS) is 59.6. The van der Waals surface area contributed by atoms with Crippen LogP contribution in [0.2, 0.25) is 0 Å². The van der Waals surface area contributed by atoms with Gasteiger partial charge in [0.2, 0.25) is 0 Å². The third kappa shape index (κ3) is 2.27. The molecule has 4 aliphatic rings. The van der Waals surface area contributed by atoms with Crippen molar-refractivity contribution >= 4 is 0 Å². The highest BCUT2D eigenvalue weighted by Crippen LogP contribution is 2.68. The van der Waals surface area contributed by atoms with E-state index >= 15 is 0 Å². The Morgan fingerprint density at radius 3 is 2.40 bits per heavy atom. The van der Waals surface area contributed by atoms with Crippen LogP contribution in [0, 0.1) is 34.5 Å². The van der Waals surface area contributed by atoms with Gasteiger partial charge >= 0.3 is 0 Å². The van der Waals surface area contributed by atoms with Crippen molar-refractivity contribution < 1.29 is 20.4 Å². The number of hydrogen-bond donors (Lipinski definition) is 4. The van der Waals surface area contributed by atoms with Crippen molar-refractivity contribution in [1.82, 2.24) is 0 Å². The van der Waals surface area contributed by atoms with E-state index in [2.05, 4.69) is 13.8 Å². The third-order valence-electron chi connectivity index (χ3n) is 9.48. The standard InChI is InChI=1S/C21H36O4/c1-12(22)21(25)9-7-16-15-5-4-13-10-14(23)6-8-19(13,2)18(15)17(24)11-20(16,21)3/h12-18,22-25H,4-11H2,1-3H3/t12?,13-,14-,15+,16+,17+,18-,19+,20+,21+/m1/s1. The molecule has 4 nitrogen and oxygen atoms in total. The minimum absolute atomic E-state index is 0.106. The molecule has 0 aliphatic heterocycles. The molecular weight excluding hydrogens is 316 g/mol. The van der Waals surface area contributed by atoms with Gasteiger partial charge in [-0.2, -0.15) is 0 Å². The van der Waals surface area contributed by atoms with Crippen LogP contribution in [-0.4, -0.2) is 44.3 Å². The molecule has 4 saturated carbocycles. The molecule has 0 aromatic rings. The van der Waals surface area contributed by atoms with E-state index in [4.69, 9.17) is 0 Å². The highest BCUT2D eigenvalue weighted by molar-refractivity contribution is 5.17. The van der Waals surface area contributed by atoms with Gasteiger partial charge in [-0.15, -0.1) is 0 Å². The maximum absolute atomic E-state index is 11.3. The predicted octanol–water partition coefficient (Wildman–Crippen LogP) is 2.47. The summed E-state index contributed by atoms with van der Waals surface area (Å²) in [4.78, 5) is 0. The Labute approximate surface area is 151 Å². The fraction of sp³-hybridized carbons (Fsp3) is 1.00. The summed E-state index contributed by atoms with van der Waals surface area (Å²) in [5.74, 6) is 1.59. The second-order valence-electron chi connectivity index (χ2n) is 10.3. The van der Waals surface area contributed by atoms with Crippen molar-refractivity contribution in [3.63, 3.8) is 0 Å². The van der Waals surface area contributed by atoms with Gasteiger partial charge in [0.05, 0.1) is 23.9 Å². The maximum Gasteiger partial charge on any atom is 0.0959 e. The predicted molar refractivity (Wildman–Crippen MR) is 95.8 cm³/mol. The summed E-state index contributed by atoms with van der Waals surface area (Å²) in [6.07, 6.45) is 5.77. The Balaban J connectivity index is 1.69. The lowest BCUT2D eigenvalue weighted by molar-refractivity contribution is -0.218. The lowest BCUT2D eigenvalue weighted by Gasteiger charge is -2.63. The fourth-order valence-electron chi connectivity index (χ4n) is 8.09. The molecule has 10 atom stereocenters. The van der Waals surface area contributed by atoms with Gasteiger partial charge < -0.3 is 20.4 Å². The van der Waals surface area contributed by atoms with E-state index in [0.29, 0.717) is 30.6 Å². The number of aliphatic hydroxyl groups excluding tert-OH is 3. The van der Waals surface area contributed by atoms with Crippen molar-refractivity contribution in [1.29, 1.82) is 0 Å². The van der Waals surface area contributed by atoms with Gasteiger partial charge in [0, 0.05) is 5.41 Å². The second-order valence-corrected chi connectivity index (χ2v) is 10.3. The van der Waals surface area contributed by atoms with E-state index in [1.807, 2.05) is 0 Å². The quantitative estimate of drug-likeness (QED) is 0.584. The first-order valence-corrected chi connectivity index (χ1v) is 10.4. The summed E-state index contributed by atoms with van der Waals surface area (Å²) < 4.78 is 0. The molecular formula is C21H36O4. The van der Waals surface area contributed by atoms with Crippen LogP contribution < -0.4 is 0 Å². The molecule has 0 heterocycles. The van der Waals surface area contributed by atoms with Gasteiger partial charge in [0.1, 0.15) is 0 Å². The molecule has 4 aliphatic carbocycles. The van der Waals surface area contributed by atoms with Gasteiger partial charge in [-0.25, -0.2) is 0 Å². The molecule has 4 N–H and O–H groups in total. The molecule has 0 saturated heterocycles. The Kier molecular flexibility index (Phi) is 4.13. The zero-order valence-corrected chi connectivity index (χ0v) is 16.0. The van der Waals surface area contributed by atoms with E-state index < -0.39 is 23.2 Å². The fourth-order valence-corrected chi connectivity index (χ4v) is 8.09. The minimum atomic E-state index is -1.08. The van der Waals surface area contributed by atoms with Crippen LogP contribution in [0.15, 0.2) is 0 Å². The molecule has 25 heavy (non-hydrogen) atoms. The van der Waals surface area contributed by atoms with Crippen LogP contribution in [-0.2, 0) is 0 Å². The van der Waals surface area contributed by atoms with Gasteiger partial charge in [-0.3, -0.25) is 0 Å². The zero-order chi connectivity index (χ0) is 18.2. The molecule has 0 bridgehead atoms. The van der Waals surface area contributed by atoms with Crippen LogP contribution in [0.4, 0.5) is 0 Å². The first kappa shape index (κ1) is 18.2. The molecule has 144 valence electrons. The summed E-state index contributed by atoms with van der Waals surface area (Å²) in [6.45, 7) is 6.16. The van der Waals surface area contributed by atoms with Gasteiger partial charge in [0.15, 0.2) is 0 Å². The number of aliphatic hydroxyl groups is 4. The highest BCUT2D eigenvalue weighted by atomic mass is 16.3. The molecule has 4 heteroatoms. The summed E-state index contributed by atoms with van der Waals surface area (Å²) in [5, 5.41) is 42.9. The van der Waals surface area contributed by atoms with Crippen molar-refractivity contribution in [3.05, 3.63) is 0 Å². The van der Waals surface area contributed by atoms with Crippen LogP contribution in [0.1, 0.15) is 72.1 Å². The molecule has 0 aromatic carbocycles. The smallest absolute Gasteiger partial charge is 0.0959 e. The summed E-state index contributed by atoms with van der Waals surface area (Å²) in [7, 11) is 0. The van der Waals surface area contributed by atoms with E-state index in [-0.39, 0.29) is 17.4 Å². The first-order chi connectivity index (χ1) is 11.6. The Morgan fingerprint density at radius 1 is 1.00 bits per heavy atom. The molecule has 4 fully saturated rings. The minimum Gasteiger partial charge on any atom is -0.393 e. The van der Waals surface area contributed by atoms with Crippen molar-refractivity contribution in [2.45, 2.75) is 96.1 Å². The number of fused-ring (bicyclic) bond motifs is 5. The lowest BCUT2D eigenvalue weighted by Crippen LogP contribution is -2.63. The van der Waals surface area contributed by atoms with Gasteiger partial charge in [-0.05, 0) is 87.4 Å². The van der Waals surface area contributed by atoms with Gasteiger partial charge in [0.25, 0.3) is 0 Å². The maximum atomic E-state index is 11.3. The Hall–Kier alpha value is -0.160. The third-order valence-corrected chi connectivity index (χ3v) is 9.48. The number of rotatable bonds is 1. The average Bonchev–Trinajstić information content (AvgIpc) is 2.80. The van der Waals surface area contributed by atoms with Crippen LogP contribution >= 0.6 is 0 Å². The van der Waals surface area contributed by atoms with E-state index in [1.165, 1.54) is 0 Å². The molecule has 0 aromatic heterocycles. The van der Waals surface area contributed by atoms with E-state index in [9.17, 15) is 20.4 Å². The van der Waals surface area contributed by atoms with Crippen LogP contribution in [0.5, 0.6) is 0 Å². The first-order valence-electron chi connectivity index (χ1n) is 10.4. The average molecular weight is 353 g/mol. The molecule has 1 unspecified atom stereocenters. The molecule has 4 rings (SSSR count). The molecule has 0 amide bonds. The van der Waals surface area contributed by atoms with E-state index in [0.717, 1.165) is 38.5 Å². The Bertz CT molecular complexity index is 536. The monoisotopic (exact) mass is 352 g/mol. The van der Waals surface area contributed by atoms with Crippen molar-refractivity contribution in [3.8, 4) is 0 Å². The lowest BCUT2D eigenvalue weighted by atomic mass is 9.43. The van der Waals surface area contributed by atoms with Crippen molar-refractivity contribution in [2.24, 2.45) is 34.5 Å². The van der Waals surface area contributed by atoms with Gasteiger partial charge in [-0.1, -0.05) is 13.8 Å². The number of hydrogen-bond acceptors (Lipinski definition) is 4. The van der Waals surface area contributed by atoms with Crippen molar-refractivity contribution in [2.75, 3.05) is 0 Å². The molecule has 0 spiro atoms. The topological polar surface area (TPSA) is 80.9 Å². The SMILES string of the molecule is CC(O)[C@@]1(O)CC[C@H]2[C@@H]3CC[C@@H]4C[C@H](O)CC[C@]4(C)[C@H]3[C@@H](O)C[C@@]21C. The summed E-state index contributed by atoms with van der Waals surface area (Å²) in [6, 6.07) is 0. The second kappa shape index (κ2) is 5.67. The van der Waals surface area contributed by atoms with Crippen LogP contribution in [0.3, 0.4) is 0 Å².